The maximum absolute atomic E-state index is 6.01. The van der Waals surface area contributed by atoms with Gasteiger partial charge in [-0.15, -0.1) is 0 Å². The molecule has 0 spiro atoms. The van der Waals surface area contributed by atoms with E-state index in [9.17, 15) is 0 Å². The van der Waals surface area contributed by atoms with Crippen molar-refractivity contribution in [2.45, 2.75) is 0 Å². The first-order valence-electron chi connectivity index (χ1n) is 6.51. The number of hydrogen-bond acceptors (Lipinski definition) is 3. The van der Waals surface area contributed by atoms with Gasteiger partial charge < -0.3 is 9.47 Å². The Morgan fingerprint density at radius 1 is 0.952 bits per heavy atom. The van der Waals surface area contributed by atoms with Crippen LogP contribution in [0.25, 0.3) is 22.5 Å². The SMILES string of the molecule is Clc1cccc(-c2cc(-c3ccc4c(c3)OCO4)[nH]n2)c1. The van der Waals surface area contributed by atoms with Crippen molar-refractivity contribution in [2.24, 2.45) is 0 Å². The Morgan fingerprint density at radius 3 is 2.76 bits per heavy atom. The number of fused-ring (bicyclic) bond motifs is 1. The summed E-state index contributed by atoms with van der Waals surface area (Å²) in [7, 11) is 0. The fourth-order valence-electron chi connectivity index (χ4n) is 2.33. The van der Waals surface area contributed by atoms with Crippen LogP contribution in [-0.2, 0) is 0 Å². The molecule has 4 nitrogen and oxygen atoms in total. The van der Waals surface area contributed by atoms with E-state index in [0.717, 1.165) is 34.0 Å². The highest BCUT2D eigenvalue weighted by Gasteiger charge is 2.15. The fourth-order valence-corrected chi connectivity index (χ4v) is 2.52. The molecule has 4 rings (SSSR count). The highest BCUT2D eigenvalue weighted by Crippen LogP contribution is 2.36. The van der Waals surface area contributed by atoms with Crippen molar-refractivity contribution in [3.63, 3.8) is 0 Å². The lowest BCUT2D eigenvalue weighted by atomic mass is 10.1. The van der Waals surface area contributed by atoms with Gasteiger partial charge in [-0.2, -0.15) is 5.10 Å². The van der Waals surface area contributed by atoms with Crippen LogP contribution < -0.4 is 9.47 Å². The third-order valence-corrected chi connectivity index (χ3v) is 3.62. The van der Waals surface area contributed by atoms with Crippen molar-refractivity contribution in [2.75, 3.05) is 6.79 Å². The number of nitrogens with one attached hydrogen (secondary N) is 1. The summed E-state index contributed by atoms with van der Waals surface area (Å²) in [6.07, 6.45) is 0. The molecule has 0 saturated carbocycles. The molecule has 0 unspecified atom stereocenters. The van der Waals surface area contributed by atoms with E-state index in [1.807, 2.05) is 48.5 Å². The summed E-state index contributed by atoms with van der Waals surface area (Å²) < 4.78 is 10.7. The molecule has 1 aliphatic heterocycles. The summed E-state index contributed by atoms with van der Waals surface area (Å²) in [5, 5.41) is 8.08. The maximum Gasteiger partial charge on any atom is 0.231 e. The molecule has 0 fully saturated rings. The molecule has 3 aromatic rings. The van der Waals surface area contributed by atoms with E-state index in [4.69, 9.17) is 21.1 Å². The predicted molar refractivity (Wildman–Crippen MR) is 80.6 cm³/mol. The maximum atomic E-state index is 6.01. The topological polar surface area (TPSA) is 47.1 Å². The van der Waals surface area contributed by atoms with Crippen LogP contribution in [0.4, 0.5) is 0 Å². The average Bonchev–Trinajstić information content (AvgIpc) is 3.15. The Kier molecular flexibility index (Phi) is 2.82. The predicted octanol–water partition coefficient (Wildman–Crippen LogP) is 4.13. The Hall–Kier alpha value is -2.46. The second kappa shape index (κ2) is 4.82. The number of nitrogens with zero attached hydrogens (tertiary/aromatic N) is 1. The van der Waals surface area contributed by atoms with Gasteiger partial charge in [0.15, 0.2) is 11.5 Å². The number of halogens is 1. The molecule has 0 amide bonds. The minimum Gasteiger partial charge on any atom is -0.454 e. The van der Waals surface area contributed by atoms with E-state index in [1.54, 1.807) is 0 Å². The molecular formula is C16H11ClN2O2. The molecule has 21 heavy (non-hydrogen) atoms. The molecule has 0 atom stereocenters. The zero-order chi connectivity index (χ0) is 14.2. The third-order valence-electron chi connectivity index (χ3n) is 3.38. The van der Waals surface area contributed by atoms with Gasteiger partial charge in [-0.3, -0.25) is 5.10 Å². The third kappa shape index (κ3) is 2.23. The van der Waals surface area contributed by atoms with Crippen LogP contribution in [0.1, 0.15) is 0 Å². The first-order chi connectivity index (χ1) is 10.3. The minimum absolute atomic E-state index is 0.273. The van der Waals surface area contributed by atoms with Crippen molar-refractivity contribution in [3.8, 4) is 34.0 Å². The second-order valence-electron chi connectivity index (χ2n) is 4.75. The largest absolute Gasteiger partial charge is 0.454 e. The van der Waals surface area contributed by atoms with Gasteiger partial charge in [-0.25, -0.2) is 0 Å². The van der Waals surface area contributed by atoms with Gasteiger partial charge in [0.2, 0.25) is 6.79 Å². The molecule has 2 aromatic carbocycles. The van der Waals surface area contributed by atoms with Crippen LogP contribution in [-0.4, -0.2) is 17.0 Å². The van der Waals surface area contributed by atoms with Crippen LogP contribution in [0.3, 0.4) is 0 Å². The lowest BCUT2D eigenvalue weighted by Gasteiger charge is -1.99. The summed E-state index contributed by atoms with van der Waals surface area (Å²) in [6, 6.07) is 15.4. The van der Waals surface area contributed by atoms with E-state index >= 15 is 0 Å². The Bertz CT molecular complexity index is 814. The van der Waals surface area contributed by atoms with Crippen molar-refractivity contribution in [3.05, 3.63) is 53.6 Å². The van der Waals surface area contributed by atoms with Crippen molar-refractivity contribution in [1.82, 2.24) is 10.2 Å². The van der Waals surface area contributed by atoms with Crippen molar-refractivity contribution in [1.29, 1.82) is 0 Å². The highest BCUT2D eigenvalue weighted by molar-refractivity contribution is 6.30. The lowest BCUT2D eigenvalue weighted by molar-refractivity contribution is 0.174. The average molecular weight is 299 g/mol. The smallest absolute Gasteiger partial charge is 0.231 e. The molecule has 104 valence electrons. The van der Waals surface area contributed by atoms with Crippen molar-refractivity contribution < 1.29 is 9.47 Å². The number of H-pyrrole nitrogens is 1. The van der Waals surface area contributed by atoms with Crippen molar-refractivity contribution >= 4 is 11.6 Å². The number of benzene rings is 2. The van der Waals surface area contributed by atoms with E-state index in [0.29, 0.717) is 5.02 Å². The van der Waals surface area contributed by atoms with E-state index < -0.39 is 0 Å². The second-order valence-corrected chi connectivity index (χ2v) is 5.18. The fraction of sp³-hybridized carbons (Fsp3) is 0.0625. The van der Waals surface area contributed by atoms with Gasteiger partial charge in [0, 0.05) is 16.1 Å². The number of hydrogen-bond donors (Lipinski definition) is 1. The normalized spacial score (nSPS) is 12.6. The molecule has 5 heteroatoms. The first kappa shape index (κ1) is 12.3. The van der Waals surface area contributed by atoms with Gasteiger partial charge in [-0.1, -0.05) is 23.7 Å². The number of rotatable bonds is 2. The molecule has 1 aromatic heterocycles. The molecule has 0 aliphatic carbocycles. The quantitative estimate of drug-likeness (QED) is 0.774. The molecule has 2 heterocycles. The molecule has 0 radical (unpaired) electrons. The van der Waals surface area contributed by atoms with Gasteiger partial charge in [0.25, 0.3) is 0 Å². The van der Waals surface area contributed by atoms with Gasteiger partial charge in [-0.05, 0) is 36.4 Å². The number of ether oxygens (including phenoxy) is 2. The number of aromatic amines is 1. The molecular weight excluding hydrogens is 288 g/mol. The molecule has 0 saturated heterocycles. The van der Waals surface area contributed by atoms with Gasteiger partial charge in [0.1, 0.15) is 0 Å². The molecule has 1 N–H and O–H groups in total. The standard InChI is InChI=1S/C16H11ClN2O2/c17-12-3-1-2-10(6-12)13-8-14(19-18-13)11-4-5-15-16(7-11)21-9-20-15/h1-8H,9H2,(H,18,19). The van der Waals surface area contributed by atoms with Crippen LogP contribution in [0.15, 0.2) is 48.5 Å². The zero-order valence-electron chi connectivity index (χ0n) is 11.0. The van der Waals surface area contributed by atoms with Crippen LogP contribution in [0.2, 0.25) is 5.02 Å². The Balaban J connectivity index is 1.71. The Labute approximate surface area is 126 Å². The molecule has 0 bridgehead atoms. The van der Waals surface area contributed by atoms with Crippen LogP contribution >= 0.6 is 11.6 Å². The van der Waals surface area contributed by atoms with E-state index in [1.165, 1.54) is 0 Å². The number of aromatic nitrogens is 2. The summed E-state index contributed by atoms with van der Waals surface area (Å²) in [5.41, 5.74) is 3.75. The minimum atomic E-state index is 0.273. The lowest BCUT2D eigenvalue weighted by Crippen LogP contribution is -1.92. The van der Waals surface area contributed by atoms with E-state index in [2.05, 4.69) is 10.2 Å². The Morgan fingerprint density at radius 2 is 1.86 bits per heavy atom. The van der Waals surface area contributed by atoms with Crippen LogP contribution in [0.5, 0.6) is 11.5 Å². The summed E-state index contributed by atoms with van der Waals surface area (Å²) in [4.78, 5) is 0. The highest BCUT2D eigenvalue weighted by atomic mass is 35.5. The zero-order valence-corrected chi connectivity index (χ0v) is 11.7. The summed E-state index contributed by atoms with van der Waals surface area (Å²) in [5.74, 6) is 1.53. The first-order valence-corrected chi connectivity index (χ1v) is 6.89. The van der Waals surface area contributed by atoms with Crippen LogP contribution in [0, 0.1) is 0 Å². The monoisotopic (exact) mass is 298 g/mol. The van der Waals surface area contributed by atoms with Gasteiger partial charge in [0.05, 0.1) is 11.4 Å². The van der Waals surface area contributed by atoms with E-state index in [-0.39, 0.29) is 6.79 Å². The molecule has 1 aliphatic rings. The summed E-state index contributed by atoms with van der Waals surface area (Å²) in [6.45, 7) is 0.273. The summed E-state index contributed by atoms with van der Waals surface area (Å²) >= 11 is 6.01. The van der Waals surface area contributed by atoms with Gasteiger partial charge >= 0.3 is 0 Å².